The molecule has 0 unspecified atom stereocenters. The summed E-state index contributed by atoms with van der Waals surface area (Å²) >= 11 is 0. The van der Waals surface area contributed by atoms with Crippen LogP contribution in [0.5, 0.6) is 0 Å². The second-order valence-corrected chi connectivity index (χ2v) is 21.5. The van der Waals surface area contributed by atoms with Crippen molar-refractivity contribution >= 4 is 28.3 Å². The number of rotatable bonds is 8. The summed E-state index contributed by atoms with van der Waals surface area (Å²) in [7, 11) is -4.71. The van der Waals surface area contributed by atoms with Crippen LogP contribution >= 0.6 is 0 Å². The number of hydrogen-bond acceptors (Lipinski definition) is 6. The highest BCUT2D eigenvalue weighted by Crippen LogP contribution is 2.44. The molecule has 0 saturated carbocycles. The molecule has 0 radical (unpaired) electrons. The van der Waals surface area contributed by atoms with Crippen molar-refractivity contribution in [1.29, 1.82) is 0 Å². The summed E-state index contributed by atoms with van der Waals surface area (Å²) in [5.74, 6) is -0.720. The van der Waals surface area contributed by atoms with Gasteiger partial charge in [0.2, 0.25) is 0 Å². The molecule has 1 aliphatic rings. The van der Waals surface area contributed by atoms with Crippen molar-refractivity contribution < 1.29 is 28.1 Å². The average molecular weight is 510 g/mol. The summed E-state index contributed by atoms with van der Waals surface area (Å²) in [6.45, 7) is 23.2. The molecular formula is C25H43NO6Si2. The minimum atomic E-state index is -2.41. The lowest BCUT2D eigenvalue weighted by Gasteiger charge is -2.43. The van der Waals surface area contributed by atoms with Crippen molar-refractivity contribution in [1.82, 2.24) is 0 Å². The van der Waals surface area contributed by atoms with Crippen molar-refractivity contribution in [2.45, 2.75) is 103 Å². The second-order valence-electron chi connectivity index (χ2n) is 11.9. The highest BCUT2D eigenvalue weighted by atomic mass is 28.4. The van der Waals surface area contributed by atoms with Crippen LogP contribution in [0.3, 0.4) is 0 Å². The molecule has 2 rings (SSSR count). The van der Waals surface area contributed by atoms with Gasteiger partial charge in [0.15, 0.2) is 22.7 Å². The molecule has 192 valence electrons. The lowest BCUT2D eigenvalue weighted by molar-refractivity contribution is -0.742. The molecule has 1 aliphatic heterocycles. The quantitative estimate of drug-likeness (QED) is 0.244. The maximum Gasteiger partial charge on any atom is 0.408 e. The zero-order valence-corrected chi connectivity index (χ0v) is 24.7. The molecular weight excluding hydrogens is 466 g/mol. The largest absolute Gasteiger partial charge is 0.458 e. The zero-order valence-electron chi connectivity index (χ0n) is 22.7. The predicted octanol–water partition coefficient (Wildman–Crippen LogP) is 5.97. The van der Waals surface area contributed by atoms with E-state index >= 15 is 0 Å². The van der Waals surface area contributed by atoms with Crippen LogP contribution < -0.4 is 0 Å². The molecule has 1 heterocycles. The Hall–Kier alpha value is -1.69. The lowest BCUT2D eigenvalue weighted by atomic mass is 9.98. The number of nitrogens with zero attached hydrogens (tertiary/aromatic N) is 1. The smallest absolute Gasteiger partial charge is 0.408 e. The monoisotopic (exact) mass is 509 g/mol. The number of hydrogen-bond donors (Lipinski definition) is 0. The van der Waals surface area contributed by atoms with Crippen LogP contribution in [0.4, 0.5) is 0 Å². The Kier molecular flexibility index (Phi) is 8.50. The van der Waals surface area contributed by atoms with Gasteiger partial charge in [-0.3, -0.25) is 5.21 Å². The minimum Gasteiger partial charge on any atom is -0.458 e. The van der Waals surface area contributed by atoms with Crippen LogP contribution in [0.25, 0.3) is 0 Å². The van der Waals surface area contributed by atoms with E-state index in [1.807, 2.05) is 30.3 Å². The second kappa shape index (κ2) is 10.1. The fourth-order valence-electron chi connectivity index (χ4n) is 3.17. The van der Waals surface area contributed by atoms with Gasteiger partial charge in [-0.25, -0.2) is 4.79 Å². The molecule has 0 aliphatic carbocycles. The lowest BCUT2D eigenvalue weighted by Crippen LogP contribution is -2.53. The zero-order chi connectivity index (χ0) is 26.1. The maximum absolute atomic E-state index is 13.0. The number of ether oxygens (including phenoxy) is 1. The van der Waals surface area contributed by atoms with Crippen LogP contribution in [0.1, 0.15) is 60.1 Å². The Morgan fingerprint density at radius 1 is 1.03 bits per heavy atom. The van der Waals surface area contributed by atoms with Gasteiger partial charge in [-0.1, -0.05) is 71.9 Å². The van der Waals surface area contributed by atoms with Gasteiger partial charge in [0, 0.05) is 0 Å². The van der Waals surface area contributed by atoms with Crippen LogP contribution in [0.15, 0.2) is 30.3 Å². The summed E-state index contributed by atoms with van der Waals surface area (Å²) in [4.78, 5) is 19.0. The third kappa shape index (κ3) is 6.11. The van der Waals surface area contributed by atoms with Crippen LogP contribution in [-0.2, 0) is 23.2 Å². The van der Waals surface area contributed by atoms with Gasteiger partial charge in [0.1, 0.15) is 6.10 Å². The van der Waals surface area contributed by atoms with Gasteiger partial charge in [0.25, 0.3) is 0 Å². The molecule has 0 N–H and O–H groups in total. The van der Waals surface area contributed by atoms with Crippen molar-refractivity contribution in [3.05, 3.63) is 41.1 Å². The fourth-order valence-corrected chi connectivity index (χ4v) is 5.66. The standard InChI is InChI=1S/C25H43NO6Si2/c1-12-29-23(27)19-21(32-34(10,11)25(5,6)7)22(30-26(19)28)20(18-16-14-13-15-17-18)31-33(8,9)24(2,3)4/h13-17,20-22H,12H2,1-11H3/t20-,21-,22-/m0/s1. The molecule has 34 heavy (non-hydrogen) atoms. The Morgan fingerprint density at radius 2 is 1.56 bits per heavy atom. The molecule has 7 nitrogen and oxygen atoms in total. The minimum absolute atomic E-state index is 0.0702. The first-order valence-electron chi connectivity index (χ1n) is 12.0. The van der Waals surface area contributed by atoms with E-state index in [9.17, 15) is 10.0 Å². The van der Waals surface area contributed by atoms with Crippen LogP contribution in [-0.4, -0.2) is 52.0 Å². The van der Waals surface area contributed by atoms with Crippen molar-refractivity contribution in [2.24, 2.45) is 0 Å². The van der Waals surface area contributed by atoms with Crippen molar-refractivity contribution in [3.63, 3.8) is 0 Å². The van der Waals surface area contributed by atoms with E-state index in [1.165, 1.54) is 0 Å². The fraction of sp³-hybridized carbons (Fsp3) is 0.680. The predicted molar refractivity (Wildman–Crippen MR) is 140 cm³/mol. The molecule has 0 bridgehead atoms. The number of esters is 1. The van der Waals surface area contributed by atoms with Crippen molar-refractivity contribution in [2.75, 3.05) is 6.61 Å². The molecule has 0 aromatic heterocycles. The molecule has 0 saturated heterocycles. The van der Waals surface area contributed by atoms with E-state index in [0.717, 1.165) is 5.56 Å². The Balaban J connectivity index is 2.61. The number of benzene rings is 1. The van der Waals surface area contributed by atoms with E-state index in [4.69, 9.17) is 18.4 Å². The van der Waals surface area contributed by atoms with E-state index < -0.39 is 40.9 Å². The van der Waals surface area contributed by atoms with Crippen LogP contribution in [0.2, 0.25) is 36.3 Å². The summed E-state index contributed by atoms with van der Waals surface area (Å²) in [6, 6.07) is 9.72. The molecule has 0 spiro atoms. The van der Waals surface area contributed by atoms with E-state index in [0.29, 0.717) is 0 Å². The Morgan fingerprint density at radius 3 is 2.03 bits per heavy atom. The maximum atomic E-state index is 13.0. The average Bonchev–Trinajstić information content (AvgIpc) is 3.00. The van der Waals surface area contributed by atoms with E-state index in [-0.39, 0.29) is 27.3 Å². The SMILES string of the molecule is CCOC(=O)C1=[N+]([O-])O[C@@H]([C@@H](O[Si](C)(C)C(C)(C)C)c2ccccc2)[C@H]1O[Si](C)(C)C(C)(C)C. The van der Waals surface area contributed by atoms with Gasteiger partial charge in [0.05, 0.1) is 17.6 Å². The highest BCUT2D eigenvalue weighted by Gasteiger charge is 2.55. The van der Waals surface area contributed by atoms with Gasteiger partial charge in [-0.05, 0) is 48.8 Å². The summed E-state index contributed by atoms with van der Waals surface area (Å²) in [5.41, 5.74) is 0.719. The molecule has 1 aromatic rings. The molecule has 0 amide bonds. The van der Waals surface area contributed by atoms with Gasteiger partial charge in [-0.2, -0.15) is 0 Å². The van der Waals surface area contributed by atoms with Crippen LogP contribution in [0, 0.1) is 5.21 Å². The Labute approximate surface area is 207 Å². The van der Waals surface area contributed by atoms with Gasteiger partial charge in [-0.15, -0.1) is 0 Å². The summed E-state index contributed by atoms with van der Waals surface area (Å²) in [5, 5.41) is 12.8. The van der Waals surface area contributed by atoms with Gasteiger partial charge >= 0.3 is 11.7 Å². The topological polar surface area (TPSA) is 80.1 Å². The molecule has 1 aromatic carbocycles. The number of carbonyl (C=O) groups excluding carboxylic acids is 1. The summed E-state index contributed by atoms with van der Waals surface area (Å²) < 4.78 is 18.8. The summed E-state index contributed by atoms with van der Waals surface area (Å²) in [6.07, 6.45) is -2.34. The first kappa shape index (κ1) is 28.6. The number of carbonyl (C=O) groups is 1. The first-order valence-corrected chi connectivity index (χ1v) is 17.8. The van der Waals surface area contributed by atoms with Crippen molar-refractivity contribution in [3.8, 4) is 0 Å². The Bertz CT molecular complexity index is 887. The molecule has 3 atom stereocenters. The van der Waals surface area contributed by atoms with E-state index in [2.05, 4.69) is 67.7 Å². The van der Waals surface area contributed by atoms with Gasteiger partial charge < -0.3 is 18.4 Å². The molecule has 9 heteroatoms. The normalized spacial score (nSPS) is 20.8. The van der Waals surface area contributed by atoms with E-state index in [1.54, 1.807) is 6.92 Å². The highest BCUT2D eigenvalue weighted by molar-refractivity contribution is 6.74. The first-order chi connectivity index (χ1) is 15.4. The third-order valence-corrected chi connectivity index (χ3v) is 16.3. The third-order valence-electron chi connectivity index (χ3n) is 7.35. The molecule has 0 fully saturated rings.